The summed E-state index contributed by atoms with van der Waals surface area (Å²) in [4.78, 5) is 37.2. The number of hydrogen-bond acceptors (Lipinski definition) is 3. The van der Waals surface area contributed by atoms with Crippen LogP contribution in [0.2, 0.25) is 0 Å². The Balaban J connectivity index is 1.51. The molecule has 0 aliphatic heterocycles. The van der Waals surface area contributed by atoms with Crippen LogP contribution in [0.1, 0.15) is 40.9 Å². The summed E-state index contributed by atoms with van der Waals surface area (Å²) in [6, 6.07) is 25.8. The molecule has 6 heteroatoms. The highest BCUT2D eigenvalue weighted by Crippen LogP contribution is 2.18. The van der Waals surface area contributed by atoms with Gasteiger partial charge >= 0.3 is 0 Å². The van der Waals surface area contributed by atoms with Crippen LogP contribution in [-0.4, -0.2) is 24.3 Å². The summed E-state index contributed by atoms with van der Waals surface area (Å²) in [7, 11) is 0. The van der Waals surface area contributed by atoms with Crippen molar-refractivity contribution in [1.82, 2.24) is 10.6 Å². The van der Waals surface area contributed by atoms with Crippen LogP contribution in [0.15, 0.2) is 84.9 Å². The van der Waals surface area contributed by atoms with Crippen molar-refractivity contribution in [3.63, 3.8) is 0 Å². The molecule has 6 nitrogen and oxygen atoms in total. The van der Waals surface area contributed by atoms with Crippen LogP contribution in [0, 0.1) is 0 Å². The van der Waals surface area contributed by atoms with Gasteiger partial charge in [-0.25, -0.2) is 0 Å². The van der Waals surface area contributed by atoms with E-state index in [0.717, 1.165) is 11.1 Å². The van der Waals surface area contributed by atoms with Gasteiger partial charge in [0.2, 0.25) is 11.8 Å². The van der Waals surface area contributed by atoms with Crippen molar-refractivity contribution in [3.8, 4) is 0 Å². The molecule has 0 bridgehead atoms. The third-order valence-corrected chi connectivity index (χ3v) is 4.97. The zero-order valence-corrected chi connectivity index (χ0v) is 18.0. The Hall–Kier alpha value is -3.93. The minimum absolute atomic E-state index is 0.108. The van der Waals surface area contributed by atoms with E-state index in [1.165, 1.54) is 0 Å². The van der Waals surface area contributed by atoms with Gasteiger partial charge in [-0.2, -0.15) is 0 Å². The molecule has 0 saturated carbocycles. The van der Waals surface area contributed by atoms with Crippen molar-refractivity contribution in [2.75, 3.05) is 11.9 Å². The first kappa shape index (κ1) is 22.7. The second-order valence-corrected chi connectivity index (χ2v) is 7.46. The van der Waals surface area contributed by atoms with Gasteiger partial charge < -0.3 is 16.0 Å². The van der Waals surface area contributed by atoms with Crippen LogP contribution in [0.3, 0.4) is 0 Å². The molecule has 3 aromatic rings. The maximum absolute atomic E-state index is 12.8. The van der Waals surface area contributed by atoms with Gasteiger partial charge in [0.25, 0.3) is 5.91 Å². The van der Waals surface area contributed by atoms with E-state index >= 15 is 0 Å². The van der Waals surface area contributed by atoms with Gasteiger partial charge in [0.05, 0.1) is 23.7 Å². The molecule has 1 atom stereocenters. The fourth-order valence-electron chi connectivity index (χ4n) is 3.26. The molecular weight excluding hydrogens is 402 g/mol. The van der Waals surface area contributed by atoms with Gasteiger partial charge in [0.1, 0.15) is 0 Å². The van der Waals surface area contributed by atoms with Gasteiger partial charge in [0.15, 0.2) is 0 Å². The summed E-state index contributed by atoms with van der Waals surface area (Å²) in [5.41, 5.74) is 2.73. The standard InChI is InChI=1S/C26H27N3O3/c1-19(21-12-6-3-7-13-21)28-26(32)22-14-8-9-15-23(22)29-24(30)16-17-27-25(31)18-20-10-4-2-5-11-20/h2-15,19H,16-18H2,1H3,(H,27,31)(H,28,32)(H,29,30). The fourth-order valence-corrected chi connectivity index (χ4v) is 3.26. The Morgan fingerprint density at radius 2 is 1.41 bits per heavy atom. The van der Waals surface area contributed by atoms with E-state index in [-0.39, 0.29) is 43.1 Å². The Morgan fingerprint density at radius 3 is 2.12 bits per heavy atom. The fraction of sp³-hybridized carbons (Fsp3) is 0.192. The van der Waals surface area contributed by atoms with Crippen LogP contribution in [0.4, 0.5) is 5.69 Å². The highest BCUT2D eigenvalue weighted by molar-refractivity contribution is 6.04. The maximum atomic E-state index is 12.8. The lowest BCUT2D eigenvalue weighted by molar-refractivity contribution is -0.120. The summed E-state index contributed by atoms with van der Waals surface area (Å²) in [6.45, 7) is 2.13. The minimum Gasteiger partial charge on any atom is -0.355 e. The summed E-state index contributed by atoms with van der Waals surface area (Å²) >= 11 is 0. The largest absolute Gasteiger partial charge is 0.355 e. The lowest BCUT2D eigenvalue weighted by Crippen LogP contribution is -2.30. The normalized spacial score (nSPS) is 11.3. The number of amides is 3. The van der Waals surface area contributed by atoms with Crippen LogP contribution in [0.5, 0.6) is 0 Å². The topological polar surface area (TPSA) is 87.3 Å². The van der Waals surface area contributed by atoms with Crippen LogP contribution in [-0.2, 0) is 16.0 Å². The second kappa shape index (κ2) is 11.5. The molecular formula is C26H27N3O3. The number of hydrogen-bond donors (Lipinski definition) is 3. The zero-order chi connectivity index (χ0) is 22.8. The molecule has 0 aliphatic rings. The Labute approximate surface area is 188 Å². The smallest absolute Gasteiger partial charge is 0.253 e. The number of rotatable bonds is 9. The van der Waals surface area contributed by atoms with E-state index < -0.39 is 0 Å². The summed E-state index contributed by atoms with van der Waals surface area (Å²) in [5.74, 6) is -0.687. The third-order valence-electron chi connectivity index (χ3n) is 4.97. The highest BCUT2D eigenvalue weighted by Gasteiger charge is 2.16. The first-order valence-corrected chi connectivity index (χ1v) is 10.6. The van der Waals surface area contributed by atoms with Crippen molar-refractivity contribution >= 4 is 23.4 Å². The lowest BCUT2D eigenvalue weighted by Gasteiger charge is -2.16. The Kier molecular flexibility index (Phi) is 8.15. The number of benzene rings is 3. The molecule has 0 radical (unpaired) electrons. The number of anilines is 1. The minimum atomic E-state index is -0.277. The monoisotopic (exact) mass is 429 g/mol. The second-order valence-electron chi connectivity index (χ2n) is 7.46. The Morgan fingerprint density at radius 1 is 0.781 bits per heavy atom. The zero-order valence-electron chi connectivity index (χ0n) is 18.0. The molecule has 0 saturated heterocycles. The molecule has 164 valence electrons. The van der Waals surface area contributed by atoms with Gasteiger partial charge in [-0.15, -0.1) is 0 Å². The van der Waals surface area contributed by atoms with Gasteiger partial charge in [-0.05, 0) is 30.2 Å². The molecule has 3 amide bonds. The van der Waals surface area contributed by atoms with E-state index in [1.807, 2.05) is 67.6 Å². The lowest BCUT2D eigenvalue weighted by atomic mass is 10.1. The molecule has 3 aromatic carbocycles. The van der Waals surface area contributed by atoms with Crippen LogP contribution < -0.4 is 16.0 Å². The first-order chi connectivity index (χ1) is 15.5. The molecule has 0 spiro atoms. The number of para-hydroxylation sites is 1. The predicted molar refractivity (Wildman–Crippen MR) is 125 cm³/mol. The van der Waals surface area contributed by atoms with Gasteiger partial charge in [0, 0.05) is 13.0 Å². The molecule has 3 rings (SSSR count). The van der Waals surface area contributed by atoms with Crippen molar-refractivity contribution < 1.29 is 14.4 Å². The molecule has 0 aliphatic carbocycles. The maximum Gasteiger partial charge on any atom is 0.253 e. The van der Waals surface area contributed by atoms with Crippen LogP contribution in [0.25, 0.3) is 0 Å². The van der Waals surface area contributed by atoms with Gasteiger partial charge in [-0.1, -0.05) is 72.8 Å². The van der Waals surface area contributed by atoms with Gasteiger partial charge in [-0.3, -0.25) is 14.4 Å². The summed E-state index contributed by atoms with van der Waals surface area (Å²) in [6.07, 6.45) is 0.377. The van der Waals surface area contributed by atoms with E-state index in [0.29, 0.717) is 11.3 Å². The van der Waals surface area contributed by atoms with E-state index in [9.17, 15) is 14.4 Å². The quantitative estimate of drug-likeness (QED) is 0.483. The third kappa shape index (κ3) is 6.80. The van der Waals surface area contributed by atoms with E-state index in [4.69, 9.17) is 0 Å². The molecule has 32 heavy (non-hydrogen) atoms. The highest BCUT2D eigenvalue weighted by atomic mass is 16.2. The van der Waals surface area contributed by atoms with E-state index in [1.54, 1.807) is 24.3 Å². The average Bonchev–Trinajstić information content (AvgIpc) is 2.80. The number of carbonyl (C=O) groups excluding carboxylic acids is 3. The van der Waals surface area contributed by atoms with Crippen molar-refractivity contribution in [2.45, 2.75) is 25.8 Å². The van der Waals surface area contributed by atoms with Crippen molar-refractivity contribution in [2.24, 2.45) is 0 Å². The van der Waals surface area contributed by atoms with Crippen molar-refractivity contribution in [1.29, 1.82) is 0 Å². The first-order valence-electron chi connectivity index (χ1n) is 10.6. The van der Waals surface area contributed by atoms with E-state index in [2.05, 4.69) is 16.0 Å². The SMILES string of the molecule is CC(NC(=O)c1ccccc1NC(=O)CCNC(=O)Cc1ccccc1)c1ccccc1. The summed E-state index contributed by atoms with van der Waals surface area (Å²) < 4.78 is 0. The number of nitrogens with one attached hydrogen (secondary N) is 3. The molecule has 3 N–H and O–H groups in total. The summed E-state index contributed by atoms with van der Waals surface area (Å²) in [5, 5.41) is 8.49. The molecule has 1 unspecified atom stereocenters. The predicted octanol–water partition coefficient (Wildman–Crippen LogP) is 3.87. The molecule has 0 fully saturated rings. The van der Waals surface area contributed by atoms with Crippen molar-refractivity contribution in [3.05, 3.63) is 102 Å². The molecule has 0 heterocycles. The Bertz CT molecular complexity index is 1050. The van der Waals surface area contributed by atoms with Crippen LogP contribution >= 0.6 is 0 Å². The average molecular weight is 430 g/mol. The molecule has 0 aromatic heterocycles. The number of carbonyl (C=O) groups is 3.